The van der Waals surface area contributed by atoms with Crippen LogP contribution < -0.4 is 9.47 Å². The summed E-state index contributed by atoms with van der Waals surface area (Å²) in [6, 6.07) is 8.83. The average molecular weight is 404 g/mol. The van der Waals surface area contributed by atoms with Crippen LogP contribution in [0.2, 0.25) is 5.02 Å². The maximum absolute atomic E-state index is 13.1. The summed E-state index contributed by atoms with van der Waals surface area (Å²) >= 11 is 5.92. The summed E-state index contributed by atoms with van der Waals surface area (Å²) in [4.78, 5) is 23.5. The van der Waals surface area contributed by atoms with Crippen LogP contribution in [-0.4, -0.2) is 45.6 Å². The third-order valence-electron chi connectivity index (χ3n) is 4.60. The number of ether oxygens (including phenoxy) is 2. The van der Waals surface area contributed by atoms with Crippen molar-refractivity contribution in [3.8, 4) is 11.6 Å². The zero-order valence-electron chi connectivity index (χ0n) is 16.7. The molecular weight excluding hydrogens is 378 g/mol. The van der Waals surface area contributed by atoms with Crippen molar-refractivity contribution in [2.75, 3.05) is 13.1 Å². The molecule has 1 aliphatic heterocycles. The number of likely N-dealkylation sites (tertiary alicyclic amines) is 1. The lowest BCUT2D eigenvalue weighted by Gasteiger charge is -2.37. The second-order valence-electron chi connectivity index (χ2n) is 7.59. The van der Waals surface area contributed by atoms with Gasteiger partial charge in [0.15, 0.2) is 5.60 Å². The standard InChI is InChI=1S/C21H26ClN3O3/c1-14-12-19(24-15(2)23-14)27-18-6-5-11-25(13-18)20(26)21(3,4)28-17-9-7-16(22)8-10-17/h7-10,12,18H,5-6,11,13H2,1-4H3. The topological polar surface area (TPSA) is 64.5 Å². The molecule has 1 aromatic heterocycles. The van der Waals surface area contributed by atoms with Gasteiger partial charge in [0.25, 0.3) is 5.91 Å². The van der Waals surface area contributed by atoms with Gasteiger partial charge in [0.2, 0.25) is 5.88 Å². The molecule has 150 valence electrons. The van der Waals surface area contributed by atoms with Gasteiger partial charge in [-0.1, -0.05) is 11.6 Å². The highest BCUT2D eigenvalue weighted by Crippen LogP contribution is 2.25. The van der Waals surface area contributed by atoms with Crippen LogP contribution in [0, 0.1) is 13.8 Å². The molecule has 3 rings (SSSR count). The molecule has 1 aromatic carbocycles. The smallest absolute Gasteiger partial charge is 0.266 e. The number of aryl methyl sites for hydroxylation is 2. The predicted octanol–water partition coefficient (Wildman–Crippen LogP) is 3.97. The Labute approximate surface area is 170 Å². The van der Waals surface area contributed by atoms with E-state index in [-0.39, 0.29) is 12.0 Å². The van der Waals surface area contributed by atoms with Gasteiger partial charge >= 0.3 is 0 Å². The third kappa shape index (κ3) is 5.13. The first-order chi connectivity index (χ1) is 13.2. The number of piperidine rings is 1. The first-order valence-corrected chi connectivity index (χ1v) is 9.83. The van der Waals surface area contributed by atoms with E-state index < -0.39 is 5.60 Å². The van der Waals surface area contributed by atoms with Crippen LogP contribution in [0.5, 0.6) is 11.6 Å². The summed E-state index contributed by atoms with van der Waals surface area (Å²) in [7, 11) is 0. The van der Waals surface area contributed by atoms with Crippen LogP contribution in [0.15, 0.2) is 30.3 Å². The van der Waals surface area contributed by atoms with E-state index >= 15 is 0 Å². The van der Waals surface area contributed by atoms with E-state index in [1.807, 2.05) is 24.8 Å². The molecule has 0 aliphatic carbocycles. The Morgan fingerprint density at radius 1 is 1.21 bits per heavy atom. The van der Waals surface area contributed by atoms with Crippen LogP contribution in [0.3, 0.4) is 0 Å². The highest BCUT2D eigenvalue weighted by Gasteiger charge is 2.37. The van der Waals surface area contributed by atoms with Crippen molar-refractivity contribution in [1.82, 2.24) is 14.9 Å². The largest absolute Gasteiger partial charge is 0.478 e. The molecule has 1 unspecified atom stereocenters. The fourth-order valence-corrected chi connectivity index (χ4v) is 3.48. The van der Waals surface area contributed by atoms with Gasteiger partial charge in [-0.2, -0.15) is 4.98 Å². The summed E-state index contributed by atoms with van der Waals surface area (Å²) in [5.74, 6) is 1.78. The number of benzene rings is 1. The molecule has 1 atom stereocenters. The van der Waals surface area contributed by atoms with E-state index in [2.05, 4.69) is 9.97 Å². The number of carbonyl (C=O) groups is 1. The van der Waals surface area contributed by atoms with E-state index in [1.54, 1.807) is 38.1 Å². The Morgan fingerprint density at radius 3 is 2.61 bits per heavy atom. The monoisotopic (exact) mass is 403 g/mol. The van der Waals surface area contributed by atoms with Crippen molar-refractivity contribution in [3.63, 3.8) is 0 Å². The number of carbonyl (C=O) groups excluding carboxylic acids is 1. The van der Waals surface area contributed by atoms with Crippen molar-refractivity contribution < 1.29 is 14.3 Å². The average Bonchev–Trinajstić information content (AvgIpc) is 2.62. The highest BCUT2D eigenvalue weighted by atomic mass is 35.5. The Morgan fingerprint density at radius 2 is 1.93 bits per heavy atom. The molecule has 7 heteroatoms. The van der Waals surface area contributed by atoms with Crippen LogP contribution >= 0.6 is 11.6 Å². The fraction of sp³-hybridized carbons (Fsp3) is 0.476. The van der Waals surface area contributed by atoms with Crippen molar-refractivity contribution in [2.45, 2.75) is 52.2 Å². The van der Waals surface area contributed by atoms with Gasteiger partial charge in [0, 0.05) is 23.3 Å². The minimum atomic E-state index is -0.988. The quantitative estimate of drug-likeness (QED) is 0.755. The fourth-order valence-electron chi connectivity index (χ4n) is 3.35. The van der Waals surface area contributed by atoms with Gasteiger partial charge < -0.3 is 14.4 Å². The van der Waals surface area contributed by atoms with Gasteiger partial charge in [-0.3, -0.25) is 4.79 Å². The molecule has 0 spiro atoms. The van der Waals surface area contributed by atoms with Crippen molar-refractivity contribution in [2.24, 2.45) is 0 Å². The van der Waals surface area contributed by atoms with Gasteiger partial charge in [-0.25, -0.2) is 4.98 Å². The molecule has 2 heterocycles. The van der Waals surface area contributed by atoms with Crippen LogP contribution in [0.1, 0.15) is 38.2 Å². The van der Waals surface area contributed by atoms with E-state index in [1.165, 1.54) is 0 Å². The van der Waals surface area contributed by atoms with Crippen LogP contribution in [0.4, 0.5) is 0 Å². The number of nitrogens with zero attached hydrogens (tertiary/aromatic N) is 3. The third-order valence-corrected chi connectivity index (χ3v) is 4.85. The Balaban J connectivity index is 1.65. The first-order valence-electron chi connectivity index (χ1n) is 9.46. The number of halogens is 1. The minimum absolute atomic E-state index is 0.0641. The van der Waals surface area contributed by atoms with Gasteiger partial charge in [0.1, 0.15) is 17.7 Å². The number of aromatic nitrogens is 2. The zero-order chi connectivity index (χ0) is 20.3. The lowest BCUT2D eigenvalue weighted by atomic mass is 10.0. The highest BCUT2D eigenvalue weighted by molar-refractivity contribution is 6.30. The zero-order valence-corrected chi connectivity index (χ0v) is 17.5. The Hall–Kier alpha value is -2.34. The molecule has 1 saturated heterocycles. The van der Waals surface area contributed by atoms with Crippen LogP contribution in [-0.2, 0) is 4.79 Å². The number of hydrogen-bond donors (Lipinski definition) is 0. The lowest BCUT2D eigenvalue weighted by molar-refractivity contribution is -0.148. The molecule has 0 saturated carbocycles. The molecule has 6 nitrogen and oxygen atoms in total. The normalized spacial score (nSPS) is 17.3. The summed E-state index contributed by atoms with van der Waals surface area (Å²) in [5.41, 5.74) is -0.124. The molecule has 1 aliphatic rings. The second-order valence-corrected chi connectivity index (χ2v) is 8.03. The SMILES string of the molecule is Cc1cc(OC2CCCN(C(=O)C(C)(C)Oc3ccc(Cl)cc3)C2)nc(C)n1. The molecule has 2 aromatic rings. The van der Waals surface area contributed by atoms with E-state index in [4.69, 9.17) is 21.1 Å². The van der Waals surface area contributed by atoms with E-state index in [0.717, 1.165) is 18.5 Å². The molecule has 1 amide bonds. The van der Waals surface area contributed by atoms with E-state index in [0.29, 0.717) is 35.6 Å². The molecule has 0 N–H and O–H groups in total. The number of rotatable bonds is 5. The molecule has 0 radical (unpaired) electrons. The van der Waals surface area contributed by atoms with Gasteiger partial charge in [-0.15, -0.1) is 0 Å². The number of amides is 1. The second kappa shape index (κ2) is 8.35. The minimum Gasteiger partial charge on any atom is -0.478 e. The first kappa shape index (κ1) is 20.4. The van der Waals surface area contributed by atoms with Gasteiger partial charge in [-0.05, 0) is 64.8 Å². The summed E-state index contributed by atoms with van der Waals surface area (Å²) in [6.45, 7) is 8.52. The molecule has 28 heavy (non-hydrogen) atoms. The van der Waals surface area contributed by atoms with Crippen molar-refractivity contribution in [1.29, 1.82) is 0 Å². The predicted molar refractivity (Wildman–Crippen MR) is 108 cm³/mol. The molecular formula is C21H26ClN3O3. The summed E-state index contributed by atoms with van der Waals surface area (Å²) in [6.07, 6.45) is 1.65. The lowest BCUT2D eigenvalue weighted by Crippen LogP contribution is -2.53. The summed E-state index contributed by atoms with van der Waals surface area (Å²) in [5, 5.41) is 0.627. The molecule has 0 bridgehead atoms. The molecule has 1 fully saturated rings. The van der Waals surface area contributed by atoms with Crippen molar-refractivity contribution >= 4 is 17.5 Å². The number of hydrogen-bond acceptors (Lipinski definition) is 5. The maximum atomic E-state index is 13.1. The Bertz CT molecular complexity index is 819. The Kier molecular flexibility index (Phi) is 6.08. The van der Waals surface area contributed by atoms with Gasteiger partial charge in [0.05, 0.1) is 6.54 Å². The van der Waals surface area contributed by atoms with Crippen LogP contribution in [0.25, 0.3) is 0 Å². The summed E-state index contributed by atoms with van der Waals surface area (Å²) < 4.78 is 12.0. The van der Waals surface area contributed by atoms with E-state index in [9.17, 15) is 4.79 Å². The van der Waals surface area contributed by atoms with Crippen molar-refractivity contribution in [3.05, 3.63) is 46.9 Å². The maximum Gasteiger partial charge on any atom is 0.266 e.